The van der Waals surface area contributed by atoms with Crippen LogP contribution in [0.25, 0.3) is 0 Å². The number of allylic oxidation sites excluding steroid dienone is 3. The molecule has 24 heavy (non-hydrogen) atoms. The van der Waals surface area contributed by atoms with Crippen molar-refractivity contribution in [3.63, 3.8) is 0 Å². The third-order valence-corrected chi connectivity index (χ3v) is 5.16. The van der Waals surface area contributed by atoms with Crippen LogP contribution in [-0.4, -0.2) is 27.1 Å². The lowest BCUT2D eigenvalue weighted by Crippen LogP contribution is -1.94. The van der Waals surface area contributed by atoms with E-state index in [4.69, 9.17) is 14.7 Å². The molecule has 0 saturated carbocycles. The Labute approximate surface area is 142 Å². The number of hydrogen-bond donors (Lipinski definition) is 3. The van der Waals surface area contributed by atoms with E-state index in [1.54, 1.807) is 13.0 Å². The van der Waals surface area contributed by atoms with Crippen molar-refractivity contribution in [1.29, 1.82) is 0 Å². The van der Waals surface area contributed by atoms with Gasteiger partial charge in [0.2, 0.25) is 0 Å². The fourth-order valence-corrected chi connectivity index (χ4v) is 3.33. The predicted octanol–water partition coefficient (Wildman–Crippen LogP) is 3.64. The first kappa shape index (κ1) is 23.4. The van der Waals surface area contributed by atoms with Crippen LogP contribution in [0.1, 0.15) is 52.9 Å². The quantitative estimate of drug-likeness (QED) is 0.343. The Morgan fingerprint density at radius 3 is 2.08 bits per heavy atom. The second-order valence-corrected chi connectivity index (χ2v) is 8.36. The molecular formula is C14H26O8P2. The zero-order valence-corrected chi connectivity index (χ0v) is 16.0. The molecule has 0 aromatic heterocycles. The summed E-state index contributed by atoms with van der Waals surface area (Å²) in [4.78, 5) is 36.9. The molecule has 0 aromatic rings. The number of Topliss-reactive ketones (excluding diaryl/α,β-unsaturated/α-hetero) is 1. The Morgan fingerprint density at radius 2 is 1.54 bits per heavy atom. The molecule has 0 aliphatic rings. The molecule has 0 amide bonds. The minimum atomic E-state index is -5.08. The average molecular weight is 384 g/mol. The maximum atomic E-state index is 11.2. The van der Waals surface area contributed by atoms with E-state index in [9.17, 15) is 13.9 Å². The SMILES string of the molecule is CC(=O)CCC/C(C)=C/CC/C(C)=C/COP(=O)(O)OP(=O)(O)O. The van der Waals surface area contributed by atoms with Gasteiger partial charge in [-0.2, -0.15) is 4.31 Å². The van der Waals surface area contributed by atoms with Crippen LogP contribution in [0.3, 0.4) is 0 Å². The van der Waals surface area contributed by atoms with Gasteiger partial charge in [-0.25, -0.2) is 9.13 Å². The molecule has 1 unspecified atom stereocenters. The highest BCUT2D eigenvalue weighted by atomic mass is 31.3. The molecule has 0 aliphatic carbocycles. The summed E-state index contributed by atoms with van der Waals surface area (Å²) in [6.07, 6.45) is 7.41. The summed E-state index contributed by atoms with van der Waals surface area (Å²) in [5, 5.41) is 0. The minimum absolute atomic E-state index is 0.186. The smallest absolute Gasteiger partial charge is 0.302 e. The van der Waals surface area contributed by atoms with E-state index in [0.717, 1.165) is 24.8 Å². The molecule has 8 nitrogen and oxygen atoms in total. The molecule has 0 spiro atoms. The van der Waals surface area contributed by atoms with Gasteiger partial charge in [0.15, 0.2) is 0 Å². The number of carbonyl (C=O) groups excluding carboxylic acids is 1. The highest BCUT2D eigenvalue weighted by Gasteiger charge is 2.31. The summed E-state index contributed by atoms with van der Waals surface area (Å²) in [5.74, 6) is 0.186. The molecule has 3 N–H and O–H groups in total. The van der Waals surface area contributed by atoms with Crippen molar-refractivity contribution in [3.05, 3.63) is 23.3 Å². The lowest BCUT2D eigenvalue weighted by Gasteiger charge is -2.11. The van der Waals surface area contributed by atoms with Crippen LogP contribution in [0.4, 0.5) is 0 Å². The first-order chi connectivity index (χ1) is 10.9. The zero-order chi connectivity index (χ0) is 18.8. The molecule has 1 atom stereocenters. The van der Waals surface area contributed by atoms with Crippen LogP contribution >= 0.6 is 15.6 Å². The van der Waals surface area contributed by atoms with Gasteiger partial charge in [0, 0.05) is 6.42 Å². The molecule has 0 heterocycles. The lowest BCUT2D eigenvalue weighted by molar-refractivity contribution is -0.117. The Kier molecular flexibility index (Phi) is 10.8. The summed E-state index contributed by atoms with van der Waals surface area (Å²) in [6.45, 7) is 5.10. The van der Waals surface area contributed by atoms with E-state index in [1.807, 2.05) is 13.8 Å². The number of phosphoric ester groups is 1. The fraction of sp³-hybridized carbons (Fsp3) is 0.643. The van der Waals surface area contributed by atoms with Crippen LogP contribution in [0.5, 0.6) is 0 Å². The number of hydrogen-bond acceptors (Lipinski definition) is 5. The van der Waals surface area contributed by atoms with Gasteiger partial charge in [-0.15, -0.1) is 0 Å². The summed E-state index contributed by atoms with van der Waals surface area (Å²) in [7, 11) is -9.86. The molecular weight excluding hydrogens is 358 g/mol. The summed E-state index contributed by atoms with van der Waals surface area (Å²) < 4.78 is 29.8. The van der Waals surface area contributed by atoms with Crippen LogP contribution < -0.4 is 0 Å². The van der Waals surface area contributed by atoms with E-state index >= 15 is 0 Å². The van der Waals surface area contributed by atoms with E-state index in [-0.39, 0.29) is 12.4 Å². The van der Waals surface area contributed by atoms with Crippen molar-refractivity contribution in [2.45, 2.75) is 52.9 Å². The molecule has 0 rings (SSSR count). The molecule has 0 aromatic carbocycles. The van der Waals surface area contributed by atoms with Gasteiger partial charge in [-0.1, -0.05) is 23.3 Å². The van der Waals surface area contributed by atoms with E-state index < -0.39 is 15.6 Å². The lowest BCUT2D eigenvalue weighted by atomic mass is 10.1. The summed E-state index contributed by atoms with van der Waals surface area (Å²) in [6, 6.07) is 0. The van der Waals surface area contributed by atoms with Crippen molar-refractivity contribution in [3.8, 4) is 0 Å². The third-order valence-electron chi connectivity index (χ3n) is 3.01. The van der Waals surface area contributed by atoms with Gasteiger partial charge in [-0.05, 0) is 46.5 Å². The molecule has 0 bridgehead atoms. The number of carbonyl (C=O) groups is 1. The first-order valence-corrected chi connectivity index (χ1v) is 10.5. The van der Waals surface area contributed by atoms with Crippen molar-refractivity contribution < 1.29 is 37.4 Å². The van der Waals surface area contributed by atoms with Crippen molar-refractivity contribution in [2.75, 3.05) is 6.61 Å². The Morgan fingerprint density at radius 1 is 0.958 bits per heavy atom. The first-order valence-electron chi connectivity index (χ1n) is 7.46. The molecule has 0 aliphatic heterocycles. The maximum Gasteiger partial charge on any atom is 0.481 e. The van der Waals surface area contributed by atoms with E-state index in [1.165, 1.54) is 5.57 Å². The second kappa shape index (κ2) is 11.1. The van der Waals surface area contributed by atoms with Crippen LogP contribution in [-0.2, 0) is 22.8 Å². The second-order valence-electron chi connectivity index (χ2n) is 5.53. The minimum Gasteiger partial charge on any atom is -0.302 e. The molecule has 140 valence electrons. The average Bonchev–Trinajstić information content (AvgIpc) is 2.34. The highest BCUT2D eigenvalue weighted by Crippen LogP contribution is 2.57. The number of rotatable bonds is 12. The van der Waals surface area contributed by atoms with Crippen molar-refractivity contribution in [2.24, 2.45) is 0 Å². The predicted molar refractivity (Wildman–Crippen MR) is 90.2 cm³/mol. The zero-order valence-electron chi connectivity index (χ0n) is 14.2. The largest absolute Gasteiger partial charge is 0.481 e. The molecule has 0 saturated heterocycles. The molecule has 10 heteroatoms. The summed E-state index contributed by atoms with van der Waals surface area (Å²) >= 11 is 0. The Balaban J connectivity index is 4.13. The van der Waals surface area contributed by atoms with Crippen molar-refractivity contribution in [1.82, 2.24) is 0 Å². The number of phosphoric acid groups is 2. The van der Waals surface area contributed by atoms with Crippen LogP contribution in [0.15, 0.2) is 23.3 Å². The van der Waals surface area contributed by atoms with Gasteiger partial charge in [0.1, 0.15) is 5.78 Å². The Hall–Kier alpha value is -0.590. The monoisotopic (exact) mass is 384 g/mol. The Bertz CT molecular complexity index is 561. The van der Waals surface area contributed by atoms with Gasteiger partial charge in [0.05, 0.1) is 6.61 Å². The number of ketones is 1. The van der Waals surface area contributed by atoms with Crippen LogP contribution in [0.2, 0.25) is 0 Å². The van der Waals surface area contributed by atoms with Crippen LogP contribution in [0, 0.1) is 0 Å². The van der Waals surface area contributed by atoms with Gasteiger partial charge in [-0.3, -0.25) is 4.52 Å². The van der Waals surface area contributed by atoms with Gasteiger partial charge < -0.3 is 19.5 Å². The highest BCUT2D eigenvalue weighted by molar-refractivity contribution is 7.60. The normalized spacial score (nSPS) is 16.1. The van der Waals surface area contributed by atoms with Crippen molar-refractivity contribution >= 4 is 21.4 Å². The standard InChI is InChI=1S/C14H26O8P2/c1-12(8-5-9-14(3)15)6-4-7-13(2)10-11-21-24(19,20)22-23(16,17)18/h6,10H,4-5,7-9,11H2,1-3H3,(H,19,20)(H2,16,17,18)/b12-6+,13-10+. The summed E-state index contributed by atoms with van der Waals surface area (Å²) in [5.41, 5.74) is 2.11. The topological polar surface area (TPSA) is 130 Å². The molecule has 0 radical (unpaired) electrons. The maximum absolute atomic E-state index is 11.2. The van der Waals surface area contributed by atoms with E-state index in [0.29, 0.717) is 12.8 Å². The third kappa shape index (κ3) is 15.0. The fourth-order valence-electron chi connectivity index (χ4n) is 1.80. The van der Waals surface area contributed by atoms with Gasteiger partial charge >= 0.3 is 15.6 Å². The van der Waals surface area contributed by atoms with Gasteiger partial charge in [0.25, 0.3) is 0 Å². The van der Waals surface area contributed by atoms with E-state index in [2.05, 4.69) is 14.9 Å². The molecule has 0 fully saturated rings.